The van der Waals surface area contributed by atoms with Gasteiger partial charge in [0.15, 0.2) is 0 Å². The molecule has 1 saturated heterocycles. The van der Waals surface area contributed by atoms with E-state index in [0.29, 0.717) is 5.92 Å². The molecule has 1 aromatic rings. The molecule has 1 aliphatic heterocycles. The largest absolute Gasteiger partial charge is 0.497 e. The van der Waals surface area contributed by atoms with Crippen molar-refractivity contribution in [3.05, 3.63) is 29.8 Å². The maximum atomic E-state index is 6.27. The summed E-state index contributed by atoms with van der Waals surface area (Å²) in [6.07, 6.45) is 2.96. The van der Waals surface area contributed by atoms with Crippen LogP contribution in [-0.4, -0.2) is 33.0 Å². The maximum absolute atomic E-state index is 6.27. The van der Waals surface area contributed by atoms with Gasteiger partial charge in [0, 0.05) is 19.3 Å². The van der Waals surface area contributed by atoms with Gasteiger partial charge < -0.3 is 19.9 Å². The van der Waals surface area contributed by atoms with Gasteiger partial charge in [0.25, 0.3) is 0 Å². The van der Waals surface area contributed by atoms with Gasteiger partial charge in [-0.05, 0) is 42.9 Å². The third-order valence-electron chi connectivity index (χ3n) is 4.13. The zero-order valence-electron chi connectivity index (χ0n) is 13.1. The molecule has 0 amide bonds. The SMILES string of the molecule is CCC(N)C(OCC1CCOCC1)c1cccc(OC)c1. The Morgan fingerprint density at radius 1 is 1.33 bits per heavy atom. The van der Waals surface area contributed by atoms with E-state index in [1.807, 2.05) is 18.2 Å². The summed E-state index contributed by atoms with van der Waals surface area (Å²) in [5.41, 5.74) is 7.36. The molecule has 0 spiro atoms. The Hall–Kier alpha value is -1.10. The van der Waals surface area contributed by atoms with Crippen LogP contribution in [0.25, 0.3) is 0 Å². The Morgan fingerprint density at radius 2 is 2.10 bits per heavy atom. The van der Waals surface area contributed by atoms with Crippen LogP contribution < -0.4 is 10.5 Å². The number of benzene rings is 1. The first-order chi connectivity index (χ1) is 10.2. The van der Waals surface area contributed by atoms with Crippen LogP contribution in [0.5, 0.6) is 5.75 Å². The van der Waals surface area contributed by atoms with E-state index < -0.39 is 0 Å². The van der Waals surface area contributed by atoms with E-state index in [2.05, 4.69) is 13.0 Å². The molecule has 0 saturated carbocycles. The molecule has 4 heteroatoms. The monoisotopic (exact) mass is 293 g/mol. The second kappa shape index (κ2) is 8.37. The van der Waals surface area contributed by atoms with Gasteiger partial charge in [0.05, 0.1) is 19.8 Å². The van der Waals surface area contributed by atoms with Crippen molar-refractivity contribution in [1.82, 2.24) is 0 Å². The van der Waals surface area contributed by atoms with E-state index in [9.17, 15) is 0 Å². The molecule has 0 bridgehead atoms. The Balaban J connectivity index is 2.02. The summed E-state index contributed by atoms with van der Waals surface area (Å²) in [5, 5.41) is 0. The number of ether oxygens (including phenoxy) is 3. The van der Waals surface area contributed by atoms with Crippen molar-refractivity contribution >= 4 is 0 Å². The van der Waals surface area contributed by atoms with Crippen molar-refractivity contribution < 1.29 is 14.2 Å². The lowest BCUT2D eigenvalue weighted by Gasteiger charge is -2.28. The van der Waals surface area contributed by atoms with E-state index in [1.165, 1.54) is 0 Å². The van der Waals surface area contributed by atoms with Crippen LogP contribution in [-0.2, 0) is 9.47 Å². The summed E-state index contributed by atoms with van der Waals surface area (Å²) in [7, 11) is 1.68. The van der Waals surface area contributed by atoms with Gasteiger partial charge in [-0.1, -0.05) is 19.1 Å². The zero-order chi connectivity index (χ0) is 15.1. The minimum absolute atomic E-state index is 0.00283. The molecule has 1 fully saturated rings. The molecule has 0 aromatic heterocycles. The predicted molar refractivity (Wildman–Crippen MR) is 83.5 cm³/mol. The summed E-state index contributed by atoms with van der Waals surface area (Å²) in [6.45, 7) is 4.53. The van der Waals surface area contributed by atoms with Crippen LogP contribution in [0.4, 0.5) is 0 Å². The Kier molecular flexibility index (Phi) is 6.49. The van der Waals surface area contributed by atoms with Gasteiger partial charge in [-0.15, -0.1) is 0 Å². The van der Waals surface area contributed by atoms with Crippen molar-refractivity contribution in [3.63, 3.8) is 0 Å². The summed E-state index contributed by atoms with van der Waals surface area (Å²) < 4.78 is 16.9. The number of hydrogen-bond donors (Lipinski definition) is 1. The van der Waals surface area contributed by atoms with Crippen LogP contribution in [0.1, 0.15) is 37.9 Å². The smallest absolute Gasteiger partial charge is 0.119 e. The summed E-state index contributed by atoms with van der Waals surface area (Å²) >= 11 is 0. The fourth-order valence-electron chi connectivity index (χ4n) is 2.65. The standard InChI is InChI=1S/C17H27NO3/c1-3-16(18)17(14-5-4-6-15(11-14)19-2)21-12-13-7-9-20-10-8-13/h4-6,11,13,16-17H,3,7-10,12,18H2,1-2H3. The highest BCUT2D eigenvalue weighted by atomic mass is 16.5. The normalized spacial score (nSPS) is 19.2. The molecule has 2 rings (SSSR count). The van der Waals surface area contributed by atoms with Crippen LogP contribution in [0.2, 0.25) is 0 Å². The molecule has 21 heavy (non-hydrogen) atoms. The number of hydrogen-bond acceptors (Lipinski definition) is 4. The van der Waals surface area contributed by atoms with Crippen LogP contribution in [0.3, 0.4) is 0 Å². The highest BCUT2D eigenvalue weighted by Gasteiger charge is 2.22. The molecule has 118 valence electrons. The fourth-order valence-corrected chi connectivity index (χ4v) is 2.65. The molecule has 0 radical (unpaired) electrons. The lowest BCUT2D eigenvalue weighted by atomic mass is 9.99. The molecular weight excluding hydrogens is 266 g/mol. The van der Waals surface area contributed by atoms with E-state index in [0.717, 1.165) is 50.4 Å². The average Bonchev–Trinajstić information content (AvgIpc) is 2.56. The number of methoxy groups -OCH3 is 1. The summed E-state index contributed by atoms with van der Waals surface area (Å²) in [4.78, 5) is 0. The molecule has 0 aliphatic carbocycles. The first-order valence-electron chi connectivity index (χ1n) is 7.83. The first kappa shape index (κ1) is 16.3. The van der Waals surface area contributed by atoms with Crippen molar-refractivity contribution in [2.75, 3.05) is 26.9 Å². The fraction of sp³-hybridized carbons (Fsp3) is 0.647. The number of nitrogens with two attached hydrogens (primary N) is 1. The van der Waals surface area contributed by atoms with Crippen molar-refractivity contribution in [1.29, 1.82) is 0 Å². The Bertz CT molecular complexity index is 418. The molecule has 2 N–H and O–H groups in total. The summed E-state index contributed by atoms with van der Waals surface area (Å²) in [6, 6.07) is 8.01. The maximum Gasteiger partial charge on any atom is 0.119 e. The molecule has 4 nitrogen and oxygen atoms in total. The topological polar surface area (TPSA) is 53.7 Å². The van der Waals surface area contributed by atoms with Gasteiger partial charge in [0.1, 0.15) is 5.75 Å². The second-order valence-corrected chi connectivity index (χ2v) is 5.66. The van der Waals surface area contributed by atoms with Crippen molar-refractivity contribution in [3.8, 4) is 5.75 Å². The molecular formula is C17H27NO3. The van der Waals surface area contributed by atoms with E-state index in [4.69, 9.17) is 19.9 Å². The van der Waals surface area contributed by atoms with Crippen molar-refractivity contribution in [2.45, 2.75) is 38.3 Å². The molecule has 1 aromatic carbocycles. The average molecular weight is 293 g/mol. The van der Waals surface area contributed by atoms with Crippen LogP contribution in [0, 0.1) is 5.92 Å². The minimum atomic E-state index is -0.0760. The molecule has 2 atom stereocenters. The second-order valence-electron chi connectivity index (χ2n) is 5.66. The van der Waals surface area contributed by atoms with Gasteiger partial charge in [-0.25, -0.2) is 0 Å². The summed E-state index contributed by atoms with van der Waals surface area (Å²) in [5.74, 6) is 1.42. The Labute approximate surface area is 127 Å². The lowest BCUT2D eigenvalue weighted by molar-refractivity contribution is -0.0212. The lowest BCUT2D eigenvalue weighted by Crippen LogP contribution is -2.31. The highest BCUT2D eigenvalue weighted by molar-refractivity contribution is 5.30. The predicted octanol–water partition coefficient (Wildman–Crippen LogP) is 2.92. The Morgan fingerprint density at radius 3 is 2.76 bits per heavy atom. The van der Waals surface area contributed by atoms with Gasteiger partial charge >= 0.3 is 0 Å². The van der Waals surface area contributed by atoms with Crippen LogP contribution in [0.15, 0.2) is 24.3 Å². The van der Waals surface area contributed by atoms with Gasteiger partial charge in [0.2, 0.25) is 0 Å². The third kappa shape index (κ3) is 4.70. The zero-order valence-corrected chi connectivity index (χ0v) is 13.1. The van der Waals surface area contributed by atoms with Crippen molar-refractivity contribution in [2.24, 2.45) is 11.7 Å². The third-order valence-corrected chi connectivity index (χ3v) is 4.13. The molecule has 1 aliphatic rings. The number of rotatable bonds is 7. The molecule has 1 heterocycles. The van der Waals surface area contributed by atoms with E-state index in [1.54, 1.807) is 7.11 Å². The quantitative estimate of drug-likeness (QED) is 0.840. The highest BCUT2D eigenvalue weighted by Crippen LogP contribution is 2.27. The van der Waals surface area contributed by atoms with Gasteiger partial charge in [-0.2, -0.15) is 0 Å². The van der Waals surface area contributed by atoms with Crippen LogP contribution >= 0.6 is 0 Å². The van der Waals surface area contributed by atoms with Gasteiger partial charge in [-0.3, -0.25) is 0 Å². The first-order valence-corrected chi connectivity index (χ1v) is 7.83. The van der Waals surface area contributed by atoms with E-state index >= 15 is 0 Å². The van der Waals surface area contributed by atoms with E-state index in [-0.39, 0.29) is 12.1 Å². The minimum Gasteiger partial charge on any atom is -0.497 e. The molecule has 2 unspecified atom stereocenters.